The Kier molecular flexibility index (Phi) is 5.14. The first-order valence-electron chi connectivity index (χ1n) is 8.37. The molecule has 2 atom stereocenters. The zero-order chi connectivity index (χ0) is 17.5. The molecule has 1 N–H and O–H groups in total. The zero-order valence-corrected chi connectivity index (χ0v) is 15.7. The molecule has 134 valence electrons. The lowest BCUT2D eigenvalue weighted by atomic mass is 9.63. The normalized spacial score (nSPS) is 29.6. The van der Waals surface area contributed by atoms with E-state index in [0.717, 1.165) is 6.42 Å². The van der Waals surface area contributed by atoms with Crippen molar-refractivity contribution in [2.24, 2.45) is 5.41 Å². The van der Waals surface area contributed by atoms with Crippen molar-refractivity contribution in [2.45, 2.75) is 56.9 Å². The highest BCUT2D eigenvalue weighted by molar-refractivity contribution is 7.92. The van der Waals surface area contributed by atoms with Crippen LogP contribution in [0.5, 0.6) is 0 Å². The Balaban J connectivity index is 2.22. The molecule has 0 radical (unpaired) electrons. The number of hydrogen-bond acceptors (Lipinski definition) is 5. The van der Waals surface area contributed by atoms with Crippen molar-refractivity contribution in [2.75, 3.05) is 33.0 Å². The number of piperidine rings is 1. The van der Waals surface area contributed by atoms with Gasteiger partial charge in [0.15, 0.2) is 14.6 Å². The van der Waals surface area contributed by atoms with Gasteiger partial charge in [0.1, 0.15) is 0 Å². The van der Waals surface area contributed by atoms with Crippen LogP contribution in [0.2, 0.25) is 0 Å². The van der Waals surface area contributed by atoms with Crippen LogP contribution in [0.3, 0.4) is 0 Å². The van der Waals surface area contributed by atoms with E-state index >= 15 is 0 Å². The second-order valence-electron chi connectivity index (χ2n) is 7.45. The molecule has 1 heterocycles. The Labute approximate surface area is 139 Å². The van der Waals surface area contributed by atoms with E-state index in [2.05, 4.69) is 19.2 Å². The van der Waals surface area contributed by atoms with Crippen molar-refractivity contribution < 1.29 is 17.9 Å². The SMILES string of the molecule is CCOC1CC(N(C)C(=O)C2(S(C)(=O)=O)CCNCC2)C1(C)C. The topological polar surface area (TPSA) is 75.7 Å². The molecule has 2 unspecified atom stereocenters. The van der Waals surface area contributed by atoms with E-state index in [4.69, 9.17) is 4.74 Å². The lowest BCUT2D eigenvalue weighted by Gasteiger charge is -2.56. The van der Waals surface area contributed by atoms with Gasteiger partial charge in [0, 0.05) is 31.4 Å². The molecule has 2 aliphatic rings. The number of ether oxygens (including phenoxy) is 1. The average Bonchev–Trinajstić information content (AvgIpc) is 2.49. The summed E-state index contributed by atoms with van der Waals surface area (Å²) < 4.78 is 29.3. The summed E-state index contributed by atoms with van der Waals surface area (Å²) in [6.07, 6.45) is 2.77. The molecule has 1 aliphatic heterocycles. The number of hydrogen-bond donors (Lipinski definition) is 1. The summed E-state index contributed by atoms with van der Waals surface area (Å²) in [7, 11) is -1.73. The number of sulfone groups is 1. The molecule has 2 fully saturated rings. The summed E-state index contributed by atoms with van der Waals surface area (Å²) in [4.78, 5) is 14.8. The summed E-state index contributed by atoms with van der Waals surface area (Å²) in [6, 6.07) is 0.0139. The predicted octanol–water partition coefficient (Wildman–Crippen LogP) is 0.815. The van der Waals surface area contributed by atoms with Gasteiger partial charge in [-0.3, -0.25) is 4.79 Å². The first-order chi connectivity index (χ1) is 10.6. The lowest BCUT2D eigenvalue weighted by Crippen LogP contribution is -2.67. The molecule has 0 bridgehead atoms. The molecule has 6 nitrogen and oxygen atoms in total. The van der Waals surface area contributed by atoms with E-state index in [1.54, 1.807) is 11.9 Å². The monoisotopic (exact) mass is 346 g/mol. The minimum atomic E-state index is -3.47. The molecule has 2 rings (SSSR count). The molecule has 0 aromatic heterocycles. The van der Waals surface area contributed by atoms with Crippen molar-refractivity contribution >= 4 is 15.7 Å². The van der Waals surface area contributed by atoms with E-state index in [0.29, 0.717) is 32.5 Å². The van der Waals surface area contributed by atoms with Crippen molar-refractivity contribution in [3.8, 4) is 0 Å². The average molecular weight is 346 g/mol. The summed E-state index contributed by atoms with van der Waals surface area (Å²) in [5, 5.41) is 3.15. The first-order valence-corrected chi connectivity index (χ1v) is 10.3. The van der Waals surface area contributed by atoms with Gasteiger partial charge in [-0.1, -0.05) is 13.8 Å². The number of carbonyl (C=O) groups excluding carboxylic acids is 1. The largest absolute Gasteiger partial charge is 0.378 e. The van der Waals surface area contributed by atoms with E-state index in [1.165, 1.54) is 6.26 Å². The van der Waals surface area contributed by atoms with Gasteiger partial charge in [0.2, 0.25) is 5.91 Å². The molecule has 1 saturated carbocycles. The fourth-order valence-electron chi connectivity index (χ4n) is 4.04. The second-order valence-corrected chi connectivity index (χ2v) is 9.78. The van der Waals surface area contributed by atoms with Crippen LogP contribution in [-0.2, 0) is 19.4 Å². The van der Waals surface area contributed by atoms with Crippen molar-refractivity contribution in [3.05, 3.63) is 0 Å². The zero-order valence-electron chi connectivity index (χ0n) is 14.9. The first kappa shape index (κ1) is 18.7. The third kappa shape index (κ3) is 3.03. The number of amides is 1. The van der Waals surface area contributed by atoms with Crippen LogP contribution in [-0.4, -0.2) is 69.1 Å². The Morgan fingerprint density at radius 2 is 1.87 bits per heavy atom. The minimum absolute atomic E-state index is 0.0139. The molecular weight excluding hydrogens is 316 g/mol. The van der Waals surface area contributed by atoms with E-state index in [9.17, 15) is 13.2 Å². The number of nitrogens with one attached hydrogen (secondary N) is 1. The van der Waals surface area contributed by atoms with Crippen LogP contribution in [0.4, 0.5) is 0 Å². The fourth-order valence-corrected chi connectivity index (χ4v) is 5.45. The van der Waals surface area contributed by atoms with E-state index < -0.39 is 14.6 Å². The highest BCUT2D eigenvalue weighted by atomic mass is 32.2. The fraction of sp³-hybridized carbons (Fsp3) is 0.938. The number of rotatable bonds is 5. The molecule has 0 spiro atoms. The third-order valence-corrected chi connectivity index (χ3v) is 7.79. The van der Waals surface area contributed by atoms with Crippen LogP contribution in [0, 0.1) is 5.41 Å². The van der Waals surface area contributed by atoms with Gasteiger partial charge < -0.3 is 15.0 Å². The highest BCUT2D eigenvalue weighted by Gasteiger charge is 2.56. The Hall–Kier alpha value is -0.660. The van der Waals surface area contributed by atoms with Crippen LogP contribution >= 0.6 is 0 Å². The standard InChI is InChI=1S/C16H30N2O4S/c1-6-22-13-11-12(15(13,2)3)18(4)14(19)16(23(5,20)21)7-9-17-10-8-16/h12-13,17H,6-11H2,1-5H3. The Morgan fingerprint density at radius 1 is 1.30 bits per heavy atom. The quantitative estimate of drug-likeness (QED) is 0.797. The molecule has 1 saturated heterocycles. The van der Waals surface area contributed by atoms with Crippen LogP contribution in [0.15, 0.2) is 0 Å². The molecule has 7 heteroatoms. The van der Waals surface area contributed by atoms with Crippen molar-refractivity contribution in [3.63, 3.8) is 0 Å². The van der Waals surface area contributed by atoms with Crippen LogP contribution in [0.25, 0.3) is 0 Å². The molecule has 0 aromatic carbocycles. The Morgan fingerprint density at radius 3 is 2.30 bits per heavy atom. The molecule has 1 aliphatic carbocycles. The third-order valence-electron chi connectivity index (χ3n) is 5.79. The summed E-state index contributed by atoms with van der Waals surface area (Å²) in [5.74, 6) is -0.255. The molecular formula is C16H30N2O4S. The molecule has 23 heavy (non-hydrogen) atoms. The minimum Gasteiger partial charge on any atom is -0.378 e. The maximum absolute atomic E-state index is 13.1. The predicted molar refractivity (Wildman–Crippen MR) is 90.0 cm³/mol. The van der Waals surface area contributed by atoms with Crippen molar-refractivity contribution in [1.29, 1.82) is 0 Å². The van der Waals surface area contributed by atoms with Crippen LogP contribution < -0.4 is 5.32 Å². The number of carbonyl (C=O) groups is 1. The molecule has 0 aromatic rings. The van der Waals surface area contributed by atoms with Gasteiger partial charge >= 0.3 is 0 Å². The van der Waals surface area contributed by atoms with Gasteiger partial charge in [-0.15, -0.1) is 0 Å². The summed E-state index contributed by atoms with van der Waals surface area (Å²) in [6.45, 7) is 7.90. The van der Waals surface area contributed by atoms with E-state index in [1.807, 2.05) is 6.92 Å². The van der Waals surface area contributed by atoms with Gasteiger partial charge in [0.25, 0.3) is 0 Å². The second kappa shape index (κ2) is 6.33. The highest BCUT2D eigenvalue weighted by Crippen LogP contribution is 2.46. The van der Waals surface area contributed by atoms with Crippen molar-refractivity contribution in [1.82, 2.24) is 10.2 Å². The maximum atomic E-state index is 13.1. The summed E-state index contributed by atoms with van der Waals surface area (Å²) >= 11 is 0. The smallest absolute Gasteiger partial charge is 0.244 e. The van der Waals surface area contributed by atoms with Gasteiger partial charge in [-0.05, 0) is 39.3 Å². The maximum Gasteiger partial charge on any atom is 0.244 e. The van der Waals surface area contributed by atoms with Gasteiger partial charge in [-0.25, -0.2) is 8.42 Å². The van der Waals surface area contributed by atoms with Gasteiger partial charge in [-0.2, -0.15) is 0 Å². The number of nitrogens with zero attached hydrogens (tertiary/aromatic N) is 1. The van der Waals surface area contributed by atoms with E-state index in [-0.39, 0.29) is 23.5 Å². The summed E-state index contributed by atoms with van der Waals surface area (Å²) in [5.41, 5.74) is -0.161. The molecule has 1 amide bonds. The Bertz CT molecular complexity index is 552. The van der Waals surface area contributed by atoms with Gasteiger partial charge in [0.05, 0.1) is 6.10 Å². The lowest BCUT2D eigenvalue weighted by molar-refractivity contribution is -0.165. The van der Waals surface area contributed by atoms with Crippen LogP contribution in [0.1, 0.15) is 40.0 Å².